The lowest BCUT2D eigenvalue weighted by Gasteiger charge is -2.21. The van der Waals surface area contributed by atoms with E-state index in [1.54, 1.807) is 11.3 Å². The third-order valence-corrected chi connectivity index (χ3v) is 3.21. The molecule has 0 radical (unpaired) electrons. The zero-order chi connectivity index (χ0) is 11.8. The topological polar surface area (TPSA) is 37.5 Å². The standard InChI is InChI=1S/C12H18N2OS/c1-12(2,3)7-10(15)6-9-8-14-4-5-16-11(14)13-9/h4-5,8,10,15H,6-7H2,1-3H3. The van der Waals surface area contributed by atoms with Crippen molar-refractivity contribution in [3.63, 3.8) is 0 Å². The molecule has 16 heavy (non-hydrogen) atoms. The van der Waals surface area contributed by atoms with Crippen molar-refractivity contribution in [2.45, 2.75) is 39.7 Å². The van der Waals surface area contributed by atoms with Crippen LogP contribution in [0.15, 0.2) is 17.8 Å². The van der Waals surface area contributed by atoms with Crippen LogP contribution in [0.1, 0.15) is 32.9 Å². The van der Waals surface area contributed by atoms with Gasteiger partial charge in [-0.2, -0.15) is 0 Å². The molecule has 0 saturated heterocycles. The third-order valence-electron chi connectivity index (χ3n) is 2.44. The molecular formula is C12H18N2OS. The Balaban J connectivity index is 2.02. The molecule has 0 spiro atoms. The van der Waals surface area contributed by atoms with Crippen LogP contribution in [0.25, 0.3) is 4.96 Å². The zero-order valence-corrected chi connectivity index (χ0v) is 10.8. The molecule has 0 aliphatic carbocycles. The average Bonchev–Trinajstić information content (AvgIpc) is 2.58. The van der Waals surface area contributed by atoms with Gasteiger partial charge in [0.15, 0.2) is 4.96 Å². The Morgan fingerprint density at radius 2 is 2.25 bits per heavy atom. The van der Waals surface area contributed by atoms with Crippen molar-refractivity contribution >= 4 is 16.3 Å². The highest BCUT2D eigenvalue weighted by molar-refractivity contribution is 7.15. The Hall–Kier alpha value is -0.870. The molecule has 2 aromatic rings. The molecule has 0 aliphatic heterocycles. The molecule has 2 aromatic heterocycles. The Morgan fingerprint density at radius 1 is 1.50 bits per heavy atom. The number of fused-ring (bicyclic) bond motifs is 1. The molecule has 0 amide bonds. The molecule has 2 heterocycles. The van der Waals surface area contributed by atoms with Crippen molar-refractivity contribution in [3.05, 3.63) is 23.5 Å². The first-order valence-corrected chi connectivity index (χ1v) is 6.41. The number of aromatic nitrogens is 2. The number of thiazole rings is 1. The molecule has 1 unspecified atom stereocenters. The summed E-state index contributed by atoms with van der Waals surface area (Å²) in [6.45, 7) is 6.42. The van der Waals surface area contributed by atoms with Gasteiger partial charge in [-0.25, -0.2) is 4.98 Å². The number of imidazole rings is 1. The van der Waals surface area contributed by atoms with Gasteiger partial charge in [0.1, 0.15) is 0 Å². The van der Waals surface area contributed by atoms with Crippen LogP contribution in [0.3, 0.4) is 0 Å². The van der Waals surface area contributed by atoms with Gasteiger partial charge in [0, 0.05) is 24.2 Å². The third kappa shape index (κ3) is 2.83. The minimum Gasteiger partial charge on any atom is -0.393 e. The summed E-state index contributed by atoms with van der Waals surface area (Å²) in [6.07, 6.45) is 5.14. The molecule has 2 rings (SSSR count). The van der Waals surface area contributed by atoms with E-state index in [9.17, 15) is 5.11 Å². The molecule has 3 nitrogen and oxygen atoms in total. The Bertz CT molecular complexity index is 438. The van der Waals surface area contributed by atoms with E-state index in [1.165, 1.54) is 0 Å². The minimum atomic E-state index is -0.301. The number of rotatable bonds is 3. The molecular weight excluding hydrogens is 220 g/mol. The van der Waals surface area contributed by atoms with Crippen LogP contribution in [0, 0.1) is 5.41 Å². The van der Waals surface area contributed by atoms with Gasteiger partial charge in [-0.05, 0) is 11.8 Å². The quantitative estimate of drug-likeness (QED) is 0.892. The lowest BCUT2D eigenvalue weighted by molar-refractivity contribution is 0.121. The van der Waals surface area contributed by atoms with Crippen LogP contribution >= 0.6 is 11.3 Å². The fraction of sp³-hybridized carbons (Fsp3) is 0.583. The summed E-state index contributed by atoms with van der Waals surface area (Å²) in [4.78, 5) is 5.46. The minimum absolute atomic E-state index is 0.163. The van der Waals surface area contributed by atoms with Gasteiger partial charge in [0.25, 0.3) is 0 Å². The summed E-state index contributed by atoms with van der Waals surface area (Å²) < 4.78 is 2.00. The number of aliphatic hydroxyl groups excluding tert-OH is 1. The molecule has 0 saturated carbocycles. The summed E-state index contributed by atoms with van der Waals surface area (Å²) in [5.74, 6) is 0. The highest BCUT2D eigenvalue weighted by Gasteiger charge is 2.18. The Labute approximate surface area is 99.8 Å². The normalized spacial score (nSPS) is 14.5. The first-order chi connectivity index (χ1) is 7.44. The molecule has 4 heteroatoms. The predicted octanol–water partition coefficient (Wildman–Crippen LogP) is 2.74. The van der Waals surface area contributed by atoms with Crippen LogP contribution in [-0.2, 0) is 6.42 Å². The molecule has 1 N–H and O–H groups in total. The number of hydrogen-bond donors (Lipinski definition) is 1. The van der Waals surface area contributed by atoms with Crippen molar-refractivity contribution < 1.29 is 5.11 Å². The van der Waals surface area contributed by atoms with Gasteiger partial charge in [0.2, 0.25) is 0 Å². The lowest BCUT2D eigenvalue weighted by Crippen LogP contribution is -2.19. The van der Waals surface area contributed by atoms with Crippen molar-refractivity contribution in [3.8, 4) is 0 Å². The molecule has 88 valence electrons. The van der Waals surface area contributed by atoms with Crippen LogP contribution in [0.2, 0.25) is 0 Å². The first-order valence-electron chi connectivity index (χ1n) is 5.53. The van der Waals surface area contributed by atoms with Crippen LogP contribution < -0.4 is 0 Å². The maximum Gasteiger partial charge on any atom is 0.193 e. The van der Waals surface area contributed by atoms with Crippen LogP contribution in [0.5, 0.6) is 0 Å². The first kappa shape index (κ1) is 11.6. The average molecular weight is 238 g/mol. The summed E-state index contributed by atoms with van der Waals surface area (Å²) in [6, 6.07) is 0. The summed E-state index contributed by atoms with van der Waals surface area (Å²) in [5.41, 5.74) is 1.14. The van der Waals surface area contributed by atoms with Crippen LogP contribution in [0.4, 0.5) is 0 Å². The number of aliphatic hydroxyl groups is 1. The van der Waals surface area contributed by atoms with E-state index in [-0.39, 0.29) is 11.5 Å². The summed E-state index contributed by atoms with van der Waals surface area (Å²) >= 11 is 1.62. The molecule has 0 fully saturated rings. The van der Waals surface area contributed by atoms with E-state index in [4.69, 9.17) is 0 Å². The van der Waals surface area contributed by atoms with Gasteiger partial charge in [0.05, 0.1) is 11.8 Å². The molecule has 1 atom stereocenters. The van der Waals surface area contributed by atoms with Gasteiger partial charge in [-0.3, -0.25) is 4.40 Å². The van der Waals surface area contributed by atoms with Gasteiger partial charge in [-0.15, -0.1) is 11.3 Å². The maximum absolute atomic E-state index is 9.96. The Morgan fingerprint density at radius 3 is 2.88 bits per heavy atom. The van der Waals surface area contributed by atoms with Gasteiger partial charge < -0.3 is 5.11 Å². The zero-order valence-electron chi connectivity index (χ0n) is 9.97. The fourth-order valence-electron chi connectivity index (χ4n) is 1.89. The van der Waals surface area contributed by atoms with Gasteiger partial charge in [-0.1, -0.05) is 20.8 Å². The second-order valence-corrected chi connectivity index (χ2v) is 6.32. The summed E-state index contributed by atoms with van der Waals surface area (Å²) in [7, 11) is 0. The summed E-state index contributed by atoms with van der Waals surface area (Å²) in [5, 5.41) is 12.0. The molecule has 0 aromatic carbocycles. The van der Waals surface area contributed by atoms with Crippen molar-refractivity contribution in [2.75, 3.05) is 0 Å². The van der Waals surface area contributed by atoms with Crippen molar-refractivity contribution in [1.29, 1.82) is 0 Å². The fourth-order valence-corrected chi connectivity index (χ4v) is 2.61. The predicted molar refractivity (Wildman–Crippen MR) is 66.9 cm³/mol. The van der Waals surface area contributed by atoms with E-state index in [0.29, 0.717) is 6.42 Å². The molecule has 0 bridgehead atoms. The van der Waals surface area contributed by atoms with Crippen LogP contribution in [-0.4, -0.2) is 20.6 Å². The van der Waals surface area contributed by atoms with E-state index < -0.39 is 0 Å². The monoisotopic (exact) mass is 238 g/mol. The highest BCUT2D eigenvalue weighted by Crippen LogP contribution is 2.22. The van der Waals surface area contributed by atoms with E-state index in [1.807, 2.05) is 22.2 Å². The second-order valence-electron chi connectivity index (χ2n) is 5.45. The Kier molecular flexibility index (Phi) is 3.04. The van der Waals surface area contributed by atoms with E-state index in [0.717, 1.165) is 17.1 Å². The van der Waals surface area contributed by atoms with Crippen molar-refractivity contribution in [1.82, 2.24) is 9.38 Å². The van der Waals surface area contributed by atoms with Crippen molar-refractivity contribution in [2.24, 2.45) is 5.41 Å². The highest BCUT2D eigenvalue weighted by atomic mass is 32.1. The molecule has 0 aliphatic rings. The van der Waals surface area contributed by atoms with Gasteiger partial charge >= 0.3 is 0 Å². The SMILES string of the molecule is CC(C)(C)CC(O)Cc1cn2ccsc2n1. The smallest absolute Gasteiger partial charge is 0.193 e. The maximum atomic E-state index is 9.96. The number of hydrogen-bond acceptors (Lipinski definition) is 3. The van der Waals surface area contributed by atoms with E-state index >= 15 is 0 Å². The largest absolute Gasteiger partial charge is 0.393 e. The lowest BCUT2D eigenvalue weighted by atomic mass is 9.88. The second kappa shape index (κ2) is 4.18. The van der Waals surface area contributed by atoms with E-state index in [2.05, 4.69) is 25.8 Å². The number of nitrogens with zero attached hydrogens (tertiary/aromatic N) is 2.